The Morgan fingerprint density at radius 3 is 2.16 bits per heavy atom. The third kappa shape index (κ3) is 7.47. The normalized spacial score (nSPS) is 15.4. The molecule has 2 aromatic rings. The lowest BCUT2D eigenvalue weighted by molar-refractivity contribution is -0.137. The number of ether oxygens (including phenoxy) is 1. The first-order chi connectivity index (χ1) is 15.1. The number of hydrogen-bond acceptors (Lipinski definition) is 5. The van der Waals surface area contributed by atoms with Crippen molar-refractivity contribution in [2.24, 2.45) is 0 Å². The minimum absolute atomic E-state index is 0.280. The van der Waals surface area contributed by atoms with Crippen molar-refractivity contribution in [3.63, 3.8) is 0 Å². The first-order valence-corrected chi connectivity index (χ1v) is 10.8. The van der Waals surface area contributed by atoms with Gasteiger partial charge in [-0.25, -0.2) is 0 Å². The van der Waals surface area contributed by atoms with Gasteiger partial charge < -0.3 is 15.4 Å². The second-order valence-electron chi connectivity index (χ2n) is 7.75. The van der Waals surface area contributed by atoms with Crippen LogP contribution in [-0.4, -0.2) is 74.1 Å². The molecule has 166 valence electrons. The number of rotatable bonds is 10. The zero-order chi connectivity index (χ0) is 21.9. The van der Waals surface area contributed by atoms with E-state index in [9.17, 15) is 9.59 Å². The SMILES string of the molecule is CN(Cc1ccccc1)[C@@H](C(=O)NCCN1CCOCC1)C(=O)NCc1ccccc1. The topological polar surface area (TPSA) is 73.9 Å². The van der Waals surface area contributed by atoms with Crippen molar-refractivity contribution in [3.8, 4) is 0 Å². The average Bonchev–Trinajstić information content (AvgIpc) is 2.80. The van der Waals surface area contributed by atoms with Crippen LogP contribution in [0.2, 0.25) is 0 Å². The van der Waals surface area contributed by atoms with Gasteiger partial charge >= 0.3 is 0 Å². The molecular formula is C24H32N4O3. The van der Waals surface area contributed by atoms with Gasteiger partial charge in [0.2, 0.25) is 11.8 Å². The lowest BCUT2D eigenvalue weighted by atomic mass is 10.1. The summed E-state index contributed by atoms with van der Waals surface area (Å²) in [7, 11) is 1.81. The molecule has 1 aliphatic heterocycles. The van der Waals surface area contributed by atoms with Gasteiger partial charge in [-0.15, -0.1) is 0 Å². The Morgan fingerprint density at radius 2 is 1.52 bits per heavy atom. The van der Waals surface area contributed by atoms with Gasteiger partial charge in [0.15, 0.2) is 6.04 Å². The minimum Gasteiger partial charge on any atom is -0.379 e. The smallest absolute Gasteiger partial charge is 0.247 e. The molecular weight excluding hydrogens is 392 g/mol. The number of carbonyl (C=O) groups is 2. The molecule has 0 radical (unpaired) electrons. The lowest BCUT2D eigenvalue weighted by Crippen LogP contribution is -2.54. The Labute approximate surface area is 184 Å². The Hall–Kier alpha value is -2.74. The van der Waals surface area contributed by atoms with Crippen molar-refractivity contribution in [1.82, 2.24) is 20.4 Å². The van der Waals surface area contributed by atoms with Gasteiger partial charge in [-0.05, 0) is 18.2 Å². The summed E-state index contributed by atoms with van der Waals surface area (Å²) in [4.78, 5) is 30.1. The Kier molecular flexibility index (Phi) is 9.02. The van der Waals surface area contributed by atoms with Crippen LogP contribution in [0.15, 0.2) is 60.7 Å². The number of hydrogen-bond donors (Lipinski definition) is 2. The quantitative estimate of drug-likeness (QED) is 0.562. The molecule has 2 N–H and O–H groups in total. The number of morpholine rings is 1. The predicted octanol–water partition coefficient (Wildman–Crippen LogP) is 1.25. The second-order valence-corrected chi connectivity index (χ2v) is 7.75. The molecule has 0 bridgehead atoms. The fraction of sp³-hybridized carbons (Fsp3) is 0.417. The van der Waals surface area contributed by atoms with Gasteiger partial charge in [0, 0.05) is 39.3 Å². The van der Waals surface area contributed by atoms with E-state index in [4.69, 9.17) is 4.74 Å². The lowest BCUT2D eigenvalue weighted by Gasteiger charge is -2.28. The third-order valence-electron chi connectivity index (χ3n) is 5.35. The van der Waals surface area contributed by atoms with Gasteiger partial charge in [-0.2, -0.15) is 0 Å². The third-order valence-corrected chi connectivity index (χ3v) is 5.35. The van der Waals surface area contributed by atoms with E-state index in [1.165, 1.54) is 0 Å². The minimum atomic E-state index is -0.909. The first-order valence-electron chi connectivity index (χ1n) is 10.8. The average molecular weight is 425 g/mol. The van der Waals surface area contributed by atoms with Crippen molar-refractivity contribution < 1.29 is 14.3 Å². The van der Waals surface area contributed by atoms with Crippen LogP contribution in [0, 0.1) is 0 Å². The van der Waals surface area contributed by atoms with Crippen LogP contribution in [0.25, 0.3) is 0 Å². The fourth-order valence-electron chi connectivity index (χ4n) is 3.62. The van der Waals surface area contributed by atoms with Crippen molar-refractivity contribution in [2.75, 3.05) is 46.4 Å². The number of amides is 2. The highest BCUT2D eigenvalue weighted by Crippen LogP contribution is 2.08. The standard InChI is InChI=1S/C24H32N4O3/c1-27(19-21-10-6-3-7-11-21)22(24(30)26-18-20-8-4-2-5-9-20)23(29)25-12-13-28-14-16-31-17-15-28/h2-11,22H,12-19H2,1H3,(H,25,29)(H,26,30)/t22-/m0/s1. The van der Waals surface area contributed by atoms with Crippen molar-refractivity contribution in [1.29, 1.82) is 0 Å². The van der Waals surface area contributed by atoms with E-state index in [0.29, 0.717) is 19.6 Å². The molecule has 7 nitrogen and oxygen atoms in total. The summed E-state index contributed by atoms with van der Waals surface area (Å²) in [6.45, 7) is 5.31. The Morgan fingerprint density at radius 1 is 0.935 bits per heavy atom. The van der Waals surface area contributed by atoms with Crippen LogP contribution in [0.1, 0.15) is 11.1 Å². The van der Waals surface area contributed by atoms with E-state index in [-0.39, 0.29) is 11.8 Å². The van der Waals surface area contributed by atoms with Crippen LogP contribution < -0.4 is 10.6 Å². The molecule has 0 aromatic heterocycles. The van der Waals surface area contributed by atoms with Crippen LogP contribution in [0.4, 0.5) is 0 Å². The summed E-state index contributed by atoms with van der Waals surface area (Å²) < 4.78 is 5.36. The summed E-state index contributed by atoms with van der Waals surface area (Å²) in [5, 5.41) is 5.87. The molecule has 7 heteroatoms. The molecule has 1 aliphatic rings. The summed E-state index contributed by atoms with van der Waals surface area (Å²) in [5.41, 5.74) is 2.04. The maximum atomic E-state index is 13.0. The van der Waals surface area contributed by atoms with Gasteiger partial charge in [-0.1, -0.05) is 60.7 Å². The summed E-state index contributed by atoms with van der Waals surface area (Å²) >= 11 is 0. The van der Waals surface area contributed by atoms with E-state index in [1.807, 2.05) is 60.7 Å². The van der Waals surface area contributed by atoms with Gasteiger partial charge in [-0.3, -0.25) is 19.4 Å². The van der Waals surface area contributed by atoms with Crippen molar-refractivity contribution in [2.45, 2.75) is 19.1 Å². The first kappa shape index (κ1) is 22.9. The number of nitrogens with one attached hydrogen (secondary N) is 2. The molecule has 1 heterocycles. The Balaban J connectivity index is 1.60. The van der Waals surface area contributed by atoms with Crippen LogP contribution in [0.3, 0.4) is 0 Å². The summed E-state index contributed by atoms with van der Waals surface area (Å²) in [6.07, 6.45) is 0. The highest BCUT2D eigenvalue weighted by atomic mass is 16.5. The van der Waals surface area contributed by atoms with Crippen LogP contribution in [-0.2, 0) is 27.4 Å². The van der Waals surface area contributed by atoms with Gasteiger partial charge in [0.05, 0.1) is 13.2 Å². The van der Waals surface area contributed by atoms with E-state index < -0.39 is 6.04 Å². The maximum Gasteiger partial charge on any atom is 0.247 e. The van der Waals surface area contributed by atoms with E-state index in [0.717, 1.165) is 44.0 Å². The molecule has 2 amide bonds. The number of likely N-dealkylation sites (N-methyl/N-ethyl adjacent to an activating group) is 1. The molecule has 1 atom stereocenters. The second kappa shape index (κ2) is 12.2. The molecule has 0 spiro atoms. The van der Waals surface area contributed by atoms with Crippen LogP contribution in [0.5, 0.6) is 0 Å². The van der Waals surface area contributed by atoms with Gasteiger partial charge in [0.1, 0.15) is 0 Å². The highest BCUT2D eigenvalue weighted by molar-refractivity contribution is 6.04. The molecule has 0 aliphatic carbocycles. The van der Waals surface area contributed by atoms with Crippen molar-refractivity contribution in [3.05, 3.63) is 71.8 Å². The number of nitrogens with zero attached hydrogens (tertiary/aromatic N) is 2. The predicted molar refractivity (Wildman–Crippen MR) is 120 cm³/mol. The van der Waals surface area contributed by atoms with Gasteiger partial charge in [0.25, 0.3) is 0 Å². The van der Waals surface area contributed by atoms with E-state index >= 15 is 0 Å². The Bertz CT molecular complexity index is 810. The molecule has 0 unspecified atom stereocenters. The molecule has 1 saturated heterocycles. The monoisotopic (exact) mass is 424 g/mol. The molecule has 1 fully saturated rings. The zero-order valence-electron chi connectivity index (χ0n) is 18.1. The van der Waals surface area contributed by atoms with E-state index in [1.54, 1.807) is 11.9 Å². The molecule has 3 rings (SSSR count). The molecule has 2 aromatic carbocycles. The van der Waals surface area contributed by atoms with Crippen LogP contribution >= 0.6 is 0 Å². The van der Waals surface area contributed by atoms with Crippen molar-refractivity contribution >= 4 is 11.8 Å². The largest absolute Gasteiger partial charge is 0.379 e. The zero-order valence-corrected chi connectivity index (χ0v) is 18.1. The highest BCUT2D eigenvalue weighted by Gasteiger charge is 2.30. The molecule has 31 heavy (non-hydrogen) atoms. The number of benzene rings is 2. The summed E-state index contributed by atoms with van der Waals surface area (Å²) in [6, 6.07) is 18.6. The van der Waals surface area contributed by atoms with E-state index in [2.05, 4.69) is 15.5 Å². The molecule has 0 saturated carbocycles. The fourth-order valence-corrected chi connectivity index (χ4v) is 3.62. The maximum absolute atomic E-state index is 13.0. The number of carbonyl (C=O) groups excluding carboxylic acids is 2. The summed E-state index contributed by atoms with van der Waals surface area (Å²) in [5.74, 6) is -0.580.